The van der Waals surface area contributed by atoms with E-state index in [1.54, 1.807) is 19.9 Å². The minimum absolute atomic E-state index is 0.100. The number of aryl methyl sites for hydroxylation is 2. The van der Waals surface area contributed by atoms with Gasteiger partial charge in [-0.25, -0.2) is 8.42 Å². The molecule has 88 valence electrons. The SMILES string of the molecule is Cc1cc(C)c([N+](=O)[O-])cc1NS(C)(=O)=O. The van der Waals surface area contributed by atoms with Crippen LogP contribution in [-0.4, -0.2) is 19.6 Å². The Balaban J connectivity index is 3.31. The summed E-state index contributed by atoms with van der Waals surface area (Å²) in [6, 6.07) is 2.80. The topological polar surface area (TPSA) is 89.3 Å². The van der Waals surface area contributed by atoms with Gasteiger partial charge in [0.2, 0.25) is 10.0 Å². The van der Waals surface area contributed by atoms with Crippen molar-refractivity contribution in [2.24, 2.45) is 0 Å². The molecule has 0 saturated carbocycles. The third-order valence-electron chi connectivity index (χ3n) is 2.03. The van der Waals surface area contributed by atoms with Crippen LogP contribution in [0.1, 0.15) is 11.1 Å². The van der Waals surface area contributed by atoms with Crippen LogP contribution in [-0.2, 0) is 10.0 Å². The van der Waals surface area contributed by atoms with Crippen molar-refractivity contribution in [3.63, 3.8) is 0 Å². The van der Waals surface area contributed by atoms with Crippen molar-refractivity contribution in [2.45, 2.75) is 13.8 Å². The number of nitrogens with zero attached hydrogens (tertiary/aromatic N) is 1. The highest BCUT2D eigenvalue weighted by atomic mass is 32.2. The largest absolute Gasteiger partial charge is 0.283 e. The van der Waals surface area contributed by atoms with Crippen LogP contribution < -0.4 is 4.72 Å². The zero-order valence-corrected chi connectivity index (χ0v) is 9.96. The summed E-state index contributed by atoms with van der Waals surface area (Å²) in [5.41, 5.74) is 1.28. The summed E-state index contributed by atoms with van der Waals surface area (Å²) in [5.74, 6) is 0. The highest BCUT2D eigenvalue weighted by molar-refractivity contribution is 7.92. The molecule has 0 aliphatic carbocycles. The van der Waals surface area contributed by atoms with Crippen LogP contribution in [0, 0.1) is 24.0 Å². The van der Waals surface area contributed by atoms with Crippen LogP contribution in [0.4, 0.5) is 11.4 Å². The Kier molecular flexibility index (Phi) is 3.18. The van der Waals surface area contributed by atoms with Gasteiger partial charge in [0.05, 0.1) is 16.9 Å². The molecule has 0 heterocycles. The van der Waals surface area contributed by atoms with Crippen molar-refractivity contribution in [1.82, 2.24) is 0 Å². The minimum Gasteiger partial charge on any atom is -0.283 e. The molecule has 0 fully saturated rings. The normalized spacial score (nSPS) is 11.2. The first kappa shape index (κ1) is 12.4. The van der Waals surface area contributed by atoms with E-state index < -0.39 is 14.9 Å². The monoisotopic (exact) mass is 244 g/mol. The lowest BCUT2D eigenvalue weighted by Gasteiger charge is -2.08. The molecular formula is C9H12N2O4S. The van der Waals surface area contributed by atoms with Gasteiger partial charge in [-0.05, 0) is 25.5 Å². The summed E-state index contributed by atoms with van der Waals surface area (Å²) >= 11 is 0. The number of nitro groups is 1. The van der Waals surface area contributed by atoms with Gasteiger partial charge >= 0.3 is 0 Å². The zero-order valence-electron chi connectivity index (χ0n) is 9.14. The molecule has 0 amide bonds. The first-order valence-corrected chi connectivity index (χ1v) is 6.33. The molecule has 0 aliphatic heterocycles. The average Bonchev–Trinajstić information content (AvgIpc) is 2.07. The molecule has 16 heavy (non-hydrogen) atoms. The average molecular weight is 244 g/mol. The molecule has 6 nitrogen and oxygen atoms in total. The van der Waals surface area contributed by atoms with E-state index in [1.165, 1.54) is 6.07 Å². The number of rotatable bonds is 3. The van der Waals surface area contributed by atoms with E-state index in [-0.39, 0.29) is 11.4 Å². The number of hydrogen-bond acceptors (Lipinski definition) is 4. The number of nitrogens with one attached hydrogen (secondary N) is 1. The molecule has 1 N–H and O–H groups in total. The van der Waals surface area contributed by atoms with Gasteiger partial charge in [0.1, 0.15) is 0 Å². The van der Waals surface area contributed by atoms with Gasteiger partial charge in [-0.2, -0.15) is 0 Å². The Labute approximate surface area is 93.5 Å². The molecule has 0 radical (unpaired) electrons. The Hall–Kier alpha value is -1.63. The molecule has 0 aromatic heterocycles. The summed E-state index contributed by atoms with van der Waals surface area (Å²) < 4.78 is 24.3. The number of anilines is 1. The number of nitro benzene ring substituents is 1. The van der Waals surface area contributed by atoms with E-state index in [0.717, 1.165) is 6.26 Å². The summed E-state index contributed by atoms with van der Waals surface area (Å²) in [6.45, 7) is 3.29. The smallest absolute Gasteiger partial charge is 0.274 e. The van der Waals surface area contributed by atoms with Gasteiger partial charge < -0.3 is 0 Å². The Bertz CT molecular complexity index is 537. The first-order chi connectivity index (χ1) is 7.20. The molecule has 0 spiro atoms. The number of hydrogen-bond donors (Lipinski definition) is 1. The predicted molar refractivity (Wildman–Crippen MR) is 61.0 cm³/mol. The van der Waals surface area contributed by atoms with Crippen LogP contribution in [0.25, 0.3) is 0 Å². The molecule has 1 aromatic rings. The van der Waals surface area contributed by atoms with Crippen molar-refractivity contribution >= 4 is 21.4 Å². The van der Waals surface area contributed by atoms with Gasteiger partial charge in [0, 0.05) is 11.6 Å². The minimum atomic E-state index is -3.43. The predicted octanol–water partition coefficient (Wildman–Crippen LogP) is 1.58. The number of benzene rings is 1. The van der Waals surface area contributed by atoms with Crippen molar-refractivity contribution in [3.05, 3.63) is 33.4 Å². The van der Waals surface area contributed by atoms with E-state index in [0.29, 0.717) is 11.1 Å². The molecule has 1 rings (SSSR count). The lowest BCUT2D eigenvalue weighted by atomic mass is 10.1. The maximum atomic E-state index is 11.0. The second-order valence-electron chi connectivity index (χ2n) is 3.58. The second-order valence-corrected chi connectivity index (χ2v) is 5.33. The lowest BCUT2D eigenvalue weighted by Crippen LogP contribution is -2.11. The fourth-order valence-corrected chi connectivity index (χ4v) is 1.97. The van der Waals surface area contributed by atoms with Crippen molar-refractivity contribution in [2.75, 3.05) is 11.0 Å². The number of sulfonamides is 1. The molecule has 0 atom stereocenters. The van der Waals surface area contributed by atoms with Gasteiger partial charge in [-0.15, -0.1) is 0 Å². The Morgan fingerprint density at radius 2 is 1.81 bits per heavy atom. The van der Waals surface area contributed by atoms with E-state index >= 15 is 0 Å². The molecule has 0 aliphatic rings. The lowest BCUT2D eigenvalue weighted by molar-refractivity contribution is -0.385. The van der Waals surface area contributed by atoms with E-state index in [4.69, 9.17) is 0 Å². The molecular weight excluding hydrogens is 232 g/mol. The van der Waals surface area contributed by atoms with Gasteiger partial charge in [0.25, 0.3) is 5.69 Å². The van der Waals surface area contributed by atoms with Crippen LogP contribution in [0.5, 0.6) is 0 Å². The molecule has 7 heteroatoms. The zero-order chi connectivity index (χ0) is 12.5. The Morgan fingerprint density at radius 3 is 2.25 bits per heavy atom. The maximum Gasteiger partial charge on any atom is 0.274 e. The van der Waals surface area contributed by atoms with E-state index in [2.05, 4.69) is 4.72 Å². The van der Waals surface area contributed by atoms with Crippen LogP contribution in [0.3, 0.4) is 0 Å². The fraction of sp³-hybridized carbons (Fsp3) is 0.333. The maximum absolute atomic E-state index is 11.0. The van der Waals surface area contributed by atoms with Crippen molar-refractivity contribution in [3.8, 4) is 0 Å². The highest BCUT2D eigenvalue weighted by Gasteiger charge is 2.15. The van der Waals surface area contributed by atoms with Gasteiger partial charge in [0.15, 0.2) is 0 Å². The second kappa shape index (κ2) is 4.09. The third-order valence-corrected chi connectivity index (χ3v) is 2.63. The van der Waals surface area contributed by atoms with Crippen molar-refractivity contribution in [1.29, 1.82) is 0 Å². The summed E-state index contributed by atoms with van der Waals surface area (Å²) in [6.07, 6.45) is 0.998. The quantitative estimate of drug-likeness (QED) is 0.645. The molecule has 0 saturated heterocycles. The van der Waals surface area contributed by atoms with Gasteiger partial charge in [-0.1, -0.05) is 0 Å². The Morgan fingerprint density at radius 1 is 1.25 bits per heavy atom. The first-order valence-electron chi connectivity index (χ1n) is 4.44. The van der Waals surface area contributed by atoms with Crippen LogP contribution >= 0.6 is 0 Å². The van der Waals surface area contributed by atoms with Crippen molar-refractivity contribution < 1.29 is 13.3 Å². The third kappa shape index (κ3) is 2.93. The summed E-state index contributed by atoms with van der Waals surface area (Å²) in [4.78, 5) is 10.1. The van der Waals surface area contributed by atoms with Crippen LogP contribution in [0.2, 0.25) is 0 Å². The highest BCUT2D eigenvalue weighted by Crippen LogP contribution is 2.26. The fourth-order valence-electron chi connectivity index (χ4n) is 1.35. The van der Waals surface area contributed by atoms with E-state index in [1.807, 2.05) is 0 Å². The molecule has 1 aromatic carbocycles. The standard InChI is InChI=1S/C9H12N2O4S/c1-6-4-7(2)9(11(12)13)5-8(6)10-16(3,14)15/h4-5,10H,1-3H3. The summed E-state index contributed by atoms with van der Waals surface area (Å²) in [5, 5.41) is 10.7. The van der Waals surface area contributed by atoms with E-state index in [9.17, 15) is 18.5 Å². The molecule has 0 bridgehead atoms. The molecule has 0 unspecified atom stereocenters. The summed E-state index contributed by atoms with van der Waals surface area (Å²) in [7, 11) is -3.43. The van der Waals surface area contributed by atoms with Gasteiger partial charge in [-0.3, -0.25) is 14.8 Å². The van der Waals surface area contributed by atoms with Crippen LogP contribution in [0.15, 0.2) is 12.1 Å².